The fourth-order valence-corrected chi connectivity index (χ4v) is 5.85. The van der Waals surface area contributed by atoms with Gasteiger partial charge in [-0.05, 0) is 79.3 Å². The van der Waals surface area contributed by atoms with E-state index in [4.69, 9.17) is 0 Å². The monoisotopic (exact) mass is 378 g/mol. The second-order valence-corrected chi connectivity index (χ2v) is 9.97. The van der Waals surface area contributed by atoms with Gasteiger partial charge in [-0.25, -0.2) is 0 Å². The second-order valence-electron chi connectivity index (χ2n) is 9.97. The smallest absolute Gasteiger partial charge is 0.00773 e. The molecule has 2 fully saturated rings. The molecule has 0 amide bonds. The van der Waals surface area contributed by atoms with Gasteiger partial charge in [0.25, 0.3) is 0 Å². The van der Waals surface area contributed by atoms with E-state index in [9.17, 15) is 0 Å². The van der Waals surface area contributed by atoms with Crippen molar-refractivity contribution >= 4 is 0 Å². The quantitative estimate of drug-likeness (QED) is 0.307. The predicted octanol–water partition coefficient (Wildman–Crippen LogP) is 8.61. The van der Waals surface area contributed by atoms with E-state index < -0.39 is 0 Å². The van der Waals surface area contributed by atoms with Crippen molar-refractivity contribution < 1.29 is 0 Å². The maximum absolute atomic E-state index is 4.51. The van der Waals surface area contributed by atoms with Crippen LogP contribution in [0.15, 0.2) is 72.4 Å². The first-order valence-electron chi connectivity index (χ1n) is 11.1. The maximum atomic E-state index is 4.51. The SMILES string of the molecule is C=CC\C=C/C=C(C)/C(C)=C/C=C/C1CC(C)(CC)CC2(C)C(=C)CC(C)C12. The second kappa shape index (κ2) is 9.29. The molecule has 0 aliphatic heterocycles. The third-order valence-corrected chi connectivity index (χ3v) is 7.67. The minimum absolute atomic E-state index is 0.307. The van der Waals surface area contributed by atoms with E-state index in [0.29, 0.717) is 16.7 Å². The molecule has 0 aromatic carbocycles. The number of allylic oxidation sites excluding steroid dienone is 10. The molecule has 2 aliphatic carbocycles. The molecule has 0 radical (unpaired) electrons. The van der Waals surface area contributed by atoms with E-state index in [1.54, 1.807) is 0 Å². The summed E-state index contributed by atoms with van der Waals surface area (Å²) in [6.07, 6.45) is 21.5. The molecule has 0 spiro atoms. The molecule has 154 valence electrons. The molecule has 0 nitrogen and oxygen atoms in total. The van der Waals surface area contributed by atoms with Crippen molar-refractivity contribution in [3.8, 4) is 0 Å². The van der Waals surface area contributed by atoms with Gasteiger partial charge < -0.3 is 0 Å². The molecule has 5 atom stereocenters. The Morgan fingerprint density at radius 2 is 1.79 bits per heavy atom. The van der Waals surface area contributed by atoms with Gasteiger partial charge in [-0.2, -0.15) is 0 Å². The molecule has 0 heteroatoms. The summed E-state index contributed by atoms with van der Waals surface area (Å²) in [6, 6.07) is 0. The summed E-state index contributed by atoms with van der Waals surface area (Å²) >= 11 is 0. The first-order chi connectivity index (χ1) is 13.2. The first kappa shape index (κ1) is 22.7. The molecule has 2 rings (SSSR count). The van der Waals surface area contributed by atoms with Gasteiger partial charge >= 0.3 is 0 Å². The number of hydrogen-bond donors (Lipinski definition) is 0. The molecule has 0 saturated heterocycles. The van der Waals surface area contributed by atoms with Crippen LogP contribution in [0, 0.1) is 28.6 Å². The largest absolute Gasteiger partial charge is 0.103 e. The summed E-state index contributed by atoms with van der Waals surface area (Å²) in [4.78, 5) is 0. The van der Waals surface area contributed by atoms with Gasteiger partial charge in [-0.3, -0.25) is 0 Å². The number of fused-ring (bicyclic) bond motifs is 1. The number of rotatable bonds is 7. The van der Waals surface area contributed by atoms with Gasteiger partial charge in [0.2, 0.25) is 0 Å². The van der Waals surface area contributed by atoms with Crippen molar-refractivity contribution in [3.63, 3.8) is 0 Å². The van der Waals surface area contributed by atoms with Crippen LogP contribution >= 0.6 is 0 Å². The van der Waals surface area contributed by atoms with Crippen LogP contribution in [0.2, 0.25) is 0 Å². The van der Waals surface area contributed by atoms with Gasteiger partial charge in [0, 0.05) is 0 Å². The van der Waals surface area contributed by atoms with Crippen LogP contribution in [0.3, 0.4) is 0 Å². The van der Waals surface area contributed by atoms with Crippen molar-refractivity contribution in [1.82, 2.24) is 0 Å². The highest BCUT2D eigenvalue weighted by molar-refractivity contribution is 5.33. The molecular formula is C28H42. The third kappa shape index (κ3) is 4.88. The number of hydrogen-bond acceptors (Lipinski definition) is 0. The summed E-state index contributed by atoms with van der Waals surface area (Å²) in [5, 5.41) is 0. The Bertz CT molecular complexity index is 698. The fraction of sp³-hybridized carbons (Fsp3) is 0.571. The Morgan fingerprint density at radius 3 is 2.39 bits per heavy atom. The lowest BCUT2D eigenvalue weighted by Crippen LogP contribution is -2.43. The van der Waals surface area contributed by atoms with Crippen LogP contribution in [0.5, 0.6) is 0 Å². The summed E-state index contributed by atoms with van der Waals surface area (Å²) in [5.74, 6) is 2.14. The van der Waals surface area contributed by atoms with Crippen LogP contribution in [-0.4, -0.2) is 0 Å². The molecule has 0 bridgehead atoms. The molecule has 0 aromatic rings. The van der Waals surface area contributed by atoms with Crippen LogP contribution in [-0.2, 0) is 0 Å². The topological polar surface area (TPSA) is 0 Å². The van der Waals surface area contributed by atoms with Gasteiger partial charge in [0.1, 0.15) is 0 Å². The molecule has 28 heavy (non-hydrogen) atoms. The average Bonchev–Trinajstić information content (AvgIpc) is 2.86. The molecule has 0 heterocycles. The van der Waals surface area contributed by atoms with E-state index in [2.05, 4.69) is 91.2 Å². The highest BCUT2D eigenvalue weighted by Gasteiger charge is 2.55. The third-order valence-electron chi connectivity index (χ3n) is 7.67. The lowest BCUT2D eigenvalue weighted by atomic mass is 9.53. The molecule has 2 aliphatic rings. The average molecular weight is 379 g/mol. The van der Waals surface area contributed by atoms with Crippen LogP contribution < -0.4 is 0 Å². The van der Waals surface area contributed by atoms with Crippen molar-refractivity contribution in [3.05, 3.63) is 72.4 Å². The van der Waals surface area contributed by atoms with Crippen molar-refractivity contribution in [2.75, 3.05) is 0 Å². The van der Waals surface area contributed by atoms with Crippen molar-refractivity contribution in [2.45, 2.75) is 73.6 Å². The van der Waals surface area contributed by atoms with E-state index in [1.165, 1.54) is 42.4 Å². The van der Waals surface area contributed by atoms with Crippen molar-refractivity contribution in [1.29, 1.82) is 0 Å². The maximum Gasteiger partial charge on any atom is -0.00773 e. The fourth-order valence-electron chi connectivity index (χ4n) is 5.85. The van der Waals surface area contributed by atoms with Gasteiger partial charge in [0.15, 0.2) is 0 Å². The van der Waals surface area contributed by atoms with Crippen LogP contribution in [0.1, 0.15) is 73.6 Å². The lowest BCUT2D eigenvalue weighted by molar-refractivity contribution is 0.0161. The van der Waals surface area contributed by atoms with Gasteiger partial charge in [-0.1, -0.05) is 88.8 Å². The zero-order valence-electron chi connectivity index (χ0n) is 19.2. The Balaban J connectivity index is 2.20. The first-order valence-corrected chi connectivity index (χ1v) is 11.1. The summed E-state index contributed by atoms with van der Waals surface area (Å²) in [5.41, 5.74) is 4.89. The summed E-state index contributed by atoms with van der Waals surface area (Å²) in [7, 11) is 0. The van der Waals surface area contributed by atoms with Crippen LogP contribution in [0.25, 0.3) is 0 Å². The highest BCUT2D eigenvalue weighted by Crippen LogP contribution is 2.64. The normalized spacial score (nSPS) is 37.1. The van der Waals surface area contributed by atoms with E-state index in [-0.39, 0.29) is 0 Å². The van der Waals surface area contributed by atoms with Gasteiger partial charge in [0.05, 0.1) is 0 Å². The minimum atomic E-state index is 0.307. The Hall–Kier alpha value is -1.56. The molecular weight excluding hydrogens is 336 g/mol. The Kier molecular flexibility index (Phi) is 7.54. The van der Waals surface area contributed by atoms with Crippen LogP contribution in [0.4, 0.5) is 0 Å². The standard InChI is InChI=1S/C28H42/c1-9-11-12-13-15-21(3)22(4)16-14-17-25-19-27(7,10-2)20-28(8)24(6)18-23(5)26(25)28/h9,12-17,23,25-26H,1,6,10-11,18-20H2,2-5,7-8H3/b13-12-,17-14+,21-15+,22-16+. The molecule has 0 N–H and O–H groups in total. The van der Waals surface area contributed by atoms with E-state index in [0.717, 1.165) is 18.3 Å². The zero-order chi connectivity index (χ0) is 20.9. The van der Waals surface area contributed by atoms with Crippen molar-refractivity contribution in [2.24, 2.45) is 28.6 Å². The zero-order valence-corrected chi connectivity index (χ0v) is 19.2. The molecule has 0 aromatic heterocycles. The predicted molar refractivity (Wildman–Crippen MR) is 126 cm³/mol. The minimum Gasteiger partial charge on any atom is -0.103 e. The van der Waals surface area contributed by atoms with E-state index >= 15 is 0 Å². The summed E-state index contributed by atoms with van der Waals surface area (Å²) < 4.78 is 0. The highest BCUT2D eigenvalue weighted by atomic mass is 14.6. The Labute approximate surface area is 174 Å². The molecule has 5 unspecified atom stereocenters. The summed E-state index contributed by atoms with van der Waals surface area (Å²) in [6.45, 7) is 22.5. The molecule has 2 saturated carbocycles. The van der Waals surface area contributed by atoms with Gasteiger partial charge in [-0.15, -0.1) is 6.58 Å². The van der Waals surface area contributed by atoms with E-state index in [1.807, 2.05) is 6.08 Å². The lowest BCUT2D eigenvalue weighted by Gasteiger charge is -2.51. The Morgan fingerprint density at radius 1 is 1.14 bits per heavy atom.